The minimum Gasteiger partial charge on any atom is -0.481 e. The molecule has 3 rings (SSSR count). The molecule has 1 fully saturated rings. The highest BCUT2D eigenvalue weighted by atomic mass is 16.4. The van der Waals surface area contributed by atoms with Gasteiger partial charge in [-0.1, -0.05) is 24.0 Å². The summed E-state index contributed by atoms with van der Waals surface area (Å²) in [5.74, 6) is -5.69. The molecule has 32 heavy (non-hydrogen) atoms. The van der Waals surface area contributed by atoms with E-state index in [0.717, 1.165) is 0 Å². The second-order valence-electron chi connectivity index (χ2n) is 7.21. The van der Waals surface area contributed by atoms with Crippen molar-refractivity contribution in [3.8, 4) is 24.7 Å². The Labute approximate surface area is 183 Å². The summed E-state index contributed by atoms with van der Waals surface area (Å²) in [5.41, 5.74) is 1.54. The minimum absolute atomic E-state index is 0.290. The molecule has 1 aliphatic carbocycles. The third-order valence-electron chi connectivity index (χ3n) is 5.32. The lowest BCUT2D eigenvalue weighted by Gasteiger charge is -2.45. The molecule has 0 heterocycles. The number of aliphatic carboxylic acids is 2. The molecule has 0 aliphatic heterocycles. The molecule has 0 bridgehead atoms. The first-order valence-electron chi connectivity index (χ1n) is 9.47. The predicted molar refractivity (Wildman–Crippen MR) is 115 cm³/mol. The van der Waals surface area contributed by atoms with E-state index < -0.39 is 47.4 Å². The Morgan fingerprint density at radius 2 is 1.06 bits per heavy atom. The smallest absolute Gasteiger partial charge is 0.308 e. The monoisotopic (exact) mass is 430 g/mol. The maximum atomic E-state index is 12.8. The average Bonchev–Trinajstić information content (AvgIpc) is 2.72. The zero-order chi connectivity index (χ0) is 23.4. The zero-order valence-corrected chi connectivity index (χ0v) is 16.6. The first-order chi connectivity index (χ1) is 15.3. The van der Waals surface area contributed by atoms with E-state index in [1.54, 1.807) is 24.3 Å². The highest BCUT2D eigenvalue weighted by Crippen LogP contribution is 2.48. The van der Waals surface area contributed by atoms with Crippen molar-refractivity contribution >= 4 is 35.1 Å². The number of amides is 2. The Morgan fingerprint density at radius 1 is 0.688 bits per heavy atom. The van der Waals surface area contributed by atoms with E-state index in [1.165, 1.54) is 24.3 Å². The number of carbonyl (C=O) groups is 4. The van der Waals surface area contributed by atoms with Crippen LogP contribution in [0.25, 0.3) is 0 Å². The lowest BCUT2D eigenvalue weighted by atomic mass is 9.55. The zero-order valence-electron chi connectivity index (χ0n) is 16.6. The third kappa shape index (κ3) is 4.30. The number of carbonyl (C=O) groups excluding carboxylic acids is 2. The maximum Gasteiger partial charge on any atom is 0.308 e. The van der Waals surface area contributed by atoms with Gasteiger partial charge in [-0.05, 0) is 36.4 Å². The van der Waals surface area contributed by atoms with E-state index in [-0.39, 0.29) is 11.4 Å². The number of carboxylic acids is 2. The molecule has 0 saturated heterocycles. The molecule has 2 aromatic rings. The van der Waals surface area contributed by atoms with Gasteiger partial charge in [-0.15, -0.1) is 12.8 Å². The van der Waals surface area contributed by atoms with Crippen LogP contribution in [0.1, 0.15) is 11.1 Å². The summed E-state index contributed by atoms with van der Waals surface area (Å²) in [6.45, 7) is 0. The average molecular weight is 430 g/mol. The molecule has 2 amide bonds. The van der Waals surface area contributed by atoms with Crippen LogP contribution in [-0.2, 0) is 19.2 Å². The maximum absolute atomic E-state index is 12.8. The van der Waals surface area contributed by atoms with Gasteiger partial charge < -0.3 is 20.8 Å². The molecule has 8 nitrogen and oxygen atoms in total. The Morgan fingerprint density at radius 3 is 1.38 bits per heavy atom. The standard InChI is InChI=1S/C24H18N2O6/c1-3-13-7-5-9-15(11-13)25-21(27)17-19(23(29)30)18(20(17)24(31)32)22(28)26-16-10-6-8-14(4-2)12-16/h1-2,5-12,17-20H,(H,25,27)(H,26,28)(H,29,30)(H,31,32). The van der Waals surface area contributed by atoms with Gasteiger partial charge in [0.1, 0.15) is 0 Å². The van der Waals surface area contributed by atoms with Crippen LogP contribution < -0.4 is 10.6 Å². The summed E-state index contributed by atoms with van der Waals surface area (Å²) in [6, 6.07) is 12.5. The van der Waals surface area contributed by atoms with E-state index in [9.17, 15) is 29.4 Å². The highest BCUT2D eigenvalue weighted by molar-refractivity contribution is 6.06. The van der Waals surface area contributed by atoms with E-state index in [2.05, 4.69) is 22.5 Å². The summed E-state index contributed by atoms with van der Waals surface area (Å²) < 4.78 is 0. The van der Waals surface area contributed by atoms with Gasteiger partial charge in [0, 0.05) is 22.5 Å². The number of terminal acetylenes is 2. The summed E-state index contributed by atoms with van der Waals surface area (Å²) in [6.07, 6.45) is 10.7. The van der Waals surface area contributed by atoms with Gasteiger partial charge in [-0.3, -0.25) is 19.2 Å². The van der Waals surface area contributed by atoms with Gasteiger partial charge in [-0.2, -0.15) is 0 Å². The number of rotatable bonds is 6. The van der Waals surface area contributed by atoms with Crippen LogP contribution in [0.15, 0.2) is 48.5 Å². The Kier molecular flexibility index (Phi) is 6.27. The molecular formula is C24H18N2O6. The Balaban J connectivity index is 1.84. The quantitative estimate of drug-likeness (QED) is 0.517. The van der Waals surface area contributed by atoms with Gasteiger partial charge in [0.25, 0.3) is 0 Å². The van der Waals surface area contributed by atoms with E-state index in [4.69, 9.17) is 12.8 Å². The van der Waals surface area contributed by atoms with Crippen molar-refractivity contribution in [1.29, 1.82) is 0 Å². The third-order valence-corrected chi connectivity index (χ3v) is 5.32. The number of nitrogens with one attached hydrogen (secondary N) is 2. The van der Waals surface area contributed by atoms with Crippen LogP contribution >= 0.6 is 0 Å². The van der Waals surface area contributed by atoms with Crippen molar-refractivity contribution in [2.75, 3.05) is 10.6 Å². The van der Waals surface area contributed by atoms with Crippen LogP contribution in [0.4, 0.5) is 11.4 Å². The molecule has 0 unspecified atom stereocenters. The number of benzene rings is 2. The van der Waals surface area contributed by atoms with Crippen LogP contribution in [0, 0.1) is 48.4 Å². The Bertz CT molecular complexity index is 1090. The predicted octanol–water partition coefficient (Wildman–Crippen LogP) is 1.87. The van der Waals surface area contributed by atoms with Crippen molar-refractivity contribution in [1.82, 2.24) is 0 Å². The molecule has 8 heteroatoms. The number of hydrogen-bond donors (Lipinski definition) is 4. The normalized spacial score (nSPS) is 21.2. The van der Waals surface area contributed by atoms with Crippen molar-refractivity contribution in [2.45, 2.75) is 0 Å². The molecule has 0 radical (unpaired) electrons. The topological polar surface area (TPSA) is 133 Å². The number of hydrogen-bond acceptors (Lipinski definition) is 4. The van der Waals surface area contributed by atoms with Gasteiger partial charge in [0.15, 0.2) is 0 Å². The largest absolute Gasteiger partial charge is 0.481 e. The summed E-state index contributed by atoms with van der Waals surface area (Å²) in [7, 11) is 0. The first kappa shape index (κ1) is 22.1. The van der Waals surface area contributed by atoms with Crippen molar-refractivity contribution < 1.29 is 29.4 Å². The molecular weight excluding hydrogens is 412 g/mol. The number of carboxylic acid groups (broad SMARTS) is 2. The fourth-order valence-electron chi connectivity index (χ4n) is 3.84. The summed E-state index contributed by atoms with van der Waals surface area (Å²) in [5, 5.41) is 24.3. The van der Waals surface area contributed by atoms with Crippen molar-refractivity contribution in [3.05, 3.63) is 59.7 Å². The van der Waals surface area contributed by atoms with Gasteiger partial charge in [0.2, 0.25) is 11.8 Å². The second kappa shape index (κ2) is 9.07. The van der Waals surface area contributed by atoms with Crippen LogP contribution in [0.3, 0.4) is 0 Å². The molecule has 1 saturated carbocycles. The lowest BCUT2D eigenvalue weighted by molar-refractivity contribution is -0.178. The number of anilines is 2. The Hall–Kier alpha value is -4.56. The molecule has 2 aromatic carbocycles. The molecule has 0 spiro atoms. The van der Waals surface area contributed by atoms with E-state index in [0.29, 0.717) is 11.1 Å². The van der Waals surface area contributed by atoms with E-state index in [1.807, 2.05) is 0 Å². The van der Waals surface area contributed by atoms with Crippen LogP contribution in [-0.4, -0.2) is 34.0 Å². The SMILES string of the molecule is C#Cc1cccc(NC(=O)C2C(C(=O)O)C(C(=O)Nc3cccc(C#C)c3)C2C(=O)O)c1. The van der Waals surface area contributed by atoms with Crippen LogP contribution in [0.2, 0.25) is 0 Å². The van der Waals surface area contributed by atoms with Crippen molar-refractivity contribution in [3.63, 3.8) is 0 Å². The summed E-state index contributed by atoms with van der Waals surface area (Å²) in [4.78, 5) is 49.3. The summed E-state index contributed by atoms with van der Waals surface area (Å²) >= 11 is 0. The fourth-order valence-corrected chi connectivity index (χ4v) is 3.84. The molecule has 160 valence electrons. The minimum atomic E-state index is -1.53. The second-order valence-corrected chi connectivity index (χ2v) is 7.21. The highest BCUT2D eigenvalue weighted by Gasteiger charge is 2.63. The first-order valence-corrected chi connectivity index (χ1v) is 9.47. The van der Waals surface area contributed by atoms with Gasteiger partial charge in [0.05, 0.1) is 23.7 Å². The molecule has 0 atom stereocenters. The fraction of sp³-hybridized carbons (Fsp3) is 0.167. The lowest BCUT2D eigenvalue weighted by Crippen LogP contribution is -2.61. The molecule has 0 aromatic heterocycles. The van der Waals surface area contributed by atoms with Crippen molar-refractivity contribution in [2.24, 2.45) is 23.7 Å². The van der Waals surface area contributed by atoms with E-state index >= 15 is 0 Å². The van der Waals surface area contributed by atoms with Crippen LogP contribution in [0.5, 0.6) is 0 Å². The van der Waals surface area contributed by atoms with Gasteiger partial charge in [-0.25, -0.2) is 0 Å². The van der Waals surface area contributed by atoms with Gasteiger partial charge >= 0.3 is 11.9 Å². The molecule has 1 aliphatic rings. The molecule has 4 N–H and O–H groups in total.